The van der Waals surface area contributed by atoms with Crippen LogP contribution in [-0.4, -0.2) is 17.8 Å². The van der Waals surface area contributed by atoms with Gasteiger partial charge < -0.3 is 15.6 Å². The summed E-state index contributed by atoms with van der Waals surface area (Å²) in [4.78, 5) is 0. The summed E-state index contributed by atoms with van der Waals surface area (Å²) in [5.74, 6) is 1.54. The molecule has 0 aromatic heterocycles. The number of nitrogens with two attached hydrogens (primary N) is 1. The minimum atomic E-state index is 0.126. The Bertz CT molecular complexity index is 323. The predicted molar refractivity (Wildman–Crippen MR) is 58.9 cm³/mol. The van der Waals surface area contributed by atoms with Gasteiger partial charge in [0.25, 0.3) is 0 Å². The number of phenols is 1. The third kappa shape index (κ3) is 2.63. The van der Waals surface area contributed by atoms with Gasteiger partial charge in [-0.05, 0) is 30.9 Å². The molecule has 1 fully saturated rings. The normalized spacial score (nSPS) is 18.2. The molecule has 82 valence electrons. The van der Waals surface area contributed by atoms with Crippen LogP contribution in [0, 0.1) is 5.92 Å². The van der Waals surface area contributed by atoms with Crippen molar-refractivity contribution in [2.75, 3.05) is 6.61 Å². The molecule has 0 radical (unpaired) electrons. The Morgan fingerprint density at radius 1 is 1.47 bits per heavy atom. The van der Waals surface area contributed by atoms with E-state index in [1.807, 2.05) is 6.07 Å². The molecule has 3 heteroatoms. The van der Waals surface area contributed by atoms with Gasteiger partial charge in [-0.25, -0.2) is 0 Å². The quantitative estimate of drug-likeness (QED) is 0.792. The Hall–Kier alpha value is -1.22. The Labute approximate surface area is 89.9 Å². The molecule has 0 amide bonds. The molecule has 0 saturated heterocycles. The third-order valence-electron chi connectivity index (χ3n) is 3.02. The van der Waals surface area contributed by atoms with Crippen molar-refractivity contribution in [3.63, 3.8) is 0 Å². The van der Waals surface area contributed by atoms with Crippen LogP contribution in [0.1, 0.15) is 19.3 Å². The molecule has 1 aliphatic carbocycles. The number of phenolic OH excluding ortho intramolecular Hbond substituents is 1. The minimum Gasteiger partial charge on any atom is -0.508 e. The highest BCUT2D eigenvalue weighted by molar-refractivity contribution is 5.31. The number of benzene rings is 1. The van der Waals surface area contributed by atoms with Gasteiger partial charge in [-0.15, -0.1) is 0 Å². The van der Waals surface area contributed by atoms with E-state index in [1.165, 1.54) is 19.3 Å². The van der Waals surface area contributed by atoms with Gasteiger partial charge in [-0.3, -0.25) is 0 Å². The molecule has 1 aromatic rings. The smallest absolute Gasteiger partial charge is 0.123 e. The van der Waals surface area contributed by atoms with Crippen LogP contribution in [0.2, 0.25) is 0 Å². The lowest BCUT2D eigenvalue weighted by molar-refractivity contribution is 0.188. The van der Waals surface area contributed by atoms with E-state index in [0.717, 1.165) is 0 Å². The van der Waals surface area contributed by atoms with E-state index in [2.05, 4.69) is 0 Å². The van der Waals surface area contributed by atoms with Crippen molar-refractivity contribution in [2.24, 2.45) is 11.7 Å². The summed E-state index contributed by atoms with van der Waals surface area (Å²) < 4.78 is 5.52. The first-order valence-corrected chi connectivity index (χ1v) is 5.43. The summed E-state index contributed by atoms with van der Waals surface area (Å²) in [6, 6.07) is 6.94. The Morgan fingerprint density at radius 2 is 2.27 bits per heavy atom. The van der Waals surface area contributed by atoms with Gasteiger partial charge in [0.1, 0.15) is 18.1 Å². The van der Waals surface area contributed by atoms with E-state index in [4.69, 9.17) is 10.5 Å². The maximum atomic E-state index is 9.23. The summed E-state index contributed by atoms with van der Waals surface area (Å²) in [7, 11) is 0. The third-order valence-corrected chi connectivity index (χ3v) is 3.02. The topological polar surface area (TPSA) is 55.5 Å². The van der Waals surface area contributed by atoms with E-state index >= 15 is 0 Å². The molecule has 3 nitrogen and oxygen atoms in total. The highest BCUT2D eigenvalue weighted by Crippen LogP contribution is 2.29. The van der Waals surface area contributed by atoms with Crippen molar-refractivity contribution >= 4 is 0 Å². The van der Waals surface area contributed by atoms with Crippen LogP contribution in [-0.2, 0) is 0 Å². The van der Waals surface area contributed by atoms with Gasteiger partial charge in [0, 0.05) is 12.1 Å². The fourth-order valence-corrected chi connectivity index (χ4v) is 1.77. The van der Waals surface area contributed by atoms with Crippen LogP contribution in [0.15, 0.2) is 24.3 Å². The molecular formula is C12H17NO2. The minimum absolute atomic E-state index is 0.126. The highest BCUT2D eigenvalue weighted by Gasteiger charge is 2.24. The molecule has 1 unspecified atom stereocenters. The molecular weight excluding hydrogens is 190 g/mol. The van der Waals surface area contributed by atoms with Crippen molar-refractivity contribution in [3.8, 4) is 11.5 Å². The first-order valence-electron chi connectivity index (χ1n) is 5.43. The van der Waals surface area contributed by atoms with E-state index in [-0.39, 0.29) is 11.8 Å². The van der Waals surface area contributed by atoms with Gasteiger partial charge in [0.15, 0.2) is 0 Å². The number of hydrogen-bond donors (Lipinski definition) is 2. The molecule has 2 rings (SSSR count). The molecule has 15 heavy (non-hydrogen) atoms. The van der Waals surface area contributed by atoms with E-state index in [1.54, 1.807) is 18.2 Å². The van der Waals surface area contributed by atoms with Gasteiger partial charge in [0.05, 0.1) is 0 Å². The lowest BCUT2D eigenvalue weighted by Gasteiger charge is -2.30. The molecule has 0 spiro atoms. The SMILES string of the molecule is NC(COc1cccc(O)c1)C1CCC1. The first-order chi connectivity index (χ1) is 7.25. The summed E-state index contributed by atoms with van der Waals surface area (Å²) in [6.07, 6.45) is 3.75. The van der Waals surface area contributed by atoms with Crippen LogP contribution in [0.25, 0.3) is 0 Å². The Balaban J connectivity index is 1.81. The number of rotatable bonds is 4. The monoisotopic (exact) mass is 207 g/mol. The van der Waals surface area contributed by atoms with Crippen LogP contribution < -0.4 is 10.5 Å². The zero-order valence-corrected chi connectivity index (χ0v) is 8.73. The predicted octanol–water partition coefficient (Wildman–Crippen LogP) is 1.90. The van der Waals surface area contributed by atoms with Gasteiger partial charge >= 0.3 is 0 Å². The molecule has 0 bridgehead atoms. The zero-order chi connectivity index (χ0) is 10.7. The number of hydrogen-bond acceptors (Lipinski definition) is 3. The fraction of sp³-hybridized carbons (Fsp3) is 0.500. The van der Waals surface area contributed by atoms with Crippen molar-refractivity contribution in [1.82, 2.24) is 0 Å². The van der Waals surface area contributed by atoms with Gasteiger partial charge in [-0.1, -0.05) is 12.5 Å². The molecule has 0 heterocycles. The van der Waals surface area contributed by atoms with Crippen LogP contribution in [0.5, 0.6) is 11.5 Å². The summed E-state index contributed by atoms with van der Waals surface area (Å²) >= 11 is 0. The lowest BCUT2D eigenvalue weighted by atomic mass is 9.80. The summed E-state index contributed by atoms with van der Waals surface area (Å²) in [5.41, 5.74) is 5.98. The van der Waals surface area contributed by atoms with Crippen molar-refractivity contribution < 1.29 is 9.84 Å². The van der Waals surface area contributed by atoms with Gasteiger partial charge in [0.2, 0.25) is 0 Å². The van der Waals surface area contributed by atoms with Crippen LogP contribution in [0.4, 0.5) is 0 Å². The molecule has 0 aliphatic heterocycles. The first kappa shape index (κ1) is 10.3. The largest absolute Gasteiger partial charge is 0.508 e. The van der Waals surface area contributed by atoms with Crippen LogP contribution in [0.3, 0.4) is 0 Å². The van der Waals surface area contributed by atoms with Crippen molar-refractivity contribution in [2.45, 2.75) is 25.3 Å². The lowest BCUT2D eigenvalue weighted by Crippen LogP contribution is -2.39. The second kappa shape index (κ2) is 4.53. The molecule has 1 aromatic carbocycles. The summed E-state index contributed by atoms with van der Waals surface area (Å²) in [5, 5.41) is 9.23. The molecule has 1 aliphatic rings. The number of aromatic hydroxyl groups is 1. The standard InChI is InChI=1S/C12H17NO2/c13-12(9-3-1-4-9)8-15-11-6-2-5-10(14)7-11/h2,5-7,9,12,14H,1,3-4,8,13H2. The Morgan fingerprint density at radius 3 is 2.87 bits per heavy atom. The van der Waals surface area contributed by atoms with E-state index in [0.29, 0.717) is 18.3 Å². The molecule has 1 atom stereocenters. The van der Waals surface area contributed by atoms with Crippen LogP contribution >= 0.6 is 0 Å². The zero-order valence-electron chi connectivity index (χ0n) is 8.73. The van der Waals surface area contributed by atoms with E-state index < -0.39 is 0 Å². The molecule has 1 saturated carbocycles. The Kier molecular flexibility index (Phi) is 3.11. The number of ether oxygens (including phenoxy) is 1. The fourth-order valence-electron chi connectivity index (χ4n) is 1.77. The van der Waals surface area contributed by atoms with Crippen molar-refractivity contribution in [1.29, 1.82) is 0 Å². The maximum absolute atomic E-state index is 9.23. The highest BCUT2D eigenvalue weighted by atomic mass is 16.5. The average Bonchev–Trinajstić information content (AvgIpc) is 2.12. The van der Waals surface area contributed by atoms with Gasteiger partial charge in [-0.2, -0.15) is 0 Å². The summed E-state index contributed by atoms with van der Waals surface area (Å²) in [6.45, 7) is 0.536. The van der Waals surface area contributed by atoms with Crippen molar-refractivity contribution in [3.05, 3.63) is 24.3 Å². The second-order valence-corrected chi connectivity index (χ2v) is 4.16. The molecule has 3 N–H and O–H groups in total. The maximum Gasteiger partial charge on any atom is 0.123 e. The second-order valence-electron chi connectivity index (χ2n) is 4.16. The van der Waals surface area contributed by atoms with E-state index in [9.17, 15) is 5.11 Å². The average molecular weight is 207 g/mol.